The molecule has 0 aromatic rings. The molecule has 0 heterocycles. The topological polar surface area (TPSA) is 116 Å². The molecule has 0 aliphatic heterocycles. The molecule has 0 aliphatic rings. The normalized spacial score (nSPS) is 10.2. The summed E-state index contributed by atoms with van der Waals surface area (Å²) in [4.78, 5) is 43.8. The van der Waals surface area contributed by atoms with Crippen LogP contribution in [-0.4, -0.2) is 41.7 Å². The van der Waals surface area contributed by atoms with Crippen molar-refractivity contribution in [3.8, 4) is 0 Å². The SMILES string of the molecule is C=C(CC)C(=O)O.C=COC(=O)CC(COC(=O)C(=C)C)OC(=O)C(=C)C. The number of carbonyl (C=O) groups is 4. The second-order valence-electron chi connectivity index (χ2n) is 5.31. The molecule has 0 aromatic heterocycles. The molecule has 27 heavy (non-hydrogen) atoms. The number of carbonyl (C=O) groups excluding carboxylic acids is 3. The molecule has 8 nitrogen and oxygen atoms in total. The van der Waals surface area contributed by atoms with Crippen molar-refractivity contribution in [2.45, 2.75) is 39.7 Å². The Morgan fingerprint density at radius 2 is 1.56 bits per heavy atom. The average molecular weight is 382 g/mol. The summed E-state index contributed by atoms with van der Waals surface area (Å²) in [5, 5.41) is 8.08. The lowest BCUT2D eigenvalue weighted by atomic mass is 10.2. The highest BCUT2D eigenvalue weighted by Gasteiger charge is 2.21. The molecule has 8 heteroatoms. The minimum absolute atomic E-state index is 0.165. The minimum Gasteiger partial charge on any atom is -0.478 e. The molecule has 0 aliphatic carbocycles. The molecular formula is C19H26O8. The zero-order chi connectivity index (χ0) is 21.6. The first-order valence-electron chi connectivity index (χ1n) is 7.86. The van der Waals surface area contributed by atoms with Crippen LogP contribution in [0.25, 0.3) is 0 Å². The Morgan fingerprint density at radius 3 is 1.89 bits per heavy atom. The number of esters is 3. The molecule has 0 aromatic carbocycles. The summed E-state index contributed by atoms with van der Waals surface area (Å²) < 4.78 is 14.3. The molecule has 1 N–H and O–H groups in total. The number of hydrogen-bond donors (Lipinski definition) is 1. The van der Waals surface area contributed by atoms with Crippen molar-refractivity contribution in [3.63, 3.8) is 0 Å². The van der Waals surface area contributed by atoms with Gasteiger partial charge in [0, 0.05) is 16.7 Å². The summed E-state index contributed by atoms with van der Waals surface area (Å²) in [6.45, 7) is 17.7. The van der Waals surface area contributed by atoms with Gasteiger partial charge in [0.05, 0.1) is 12.7 Å². The molecule has 1 unspecified atom stereocenters. The van der Waals surface area contributed by atoms with Crippen molar-refractivity contribution in [1.82, 2.24) is 0 Å². The van der Waals surface area contributed by atoms with Gasteiger partial charge in [-0.3, -0.25) is 4.79 Å². The van der Waals surface area contributed by atoms with E-state index >= 15 is 0 Å². The smallest absolute Gasteiger partial charge is 0.333 e. The maximum atomic E-state index is 11.4. The minimum atomic E-state index is -0.963. The van der Waals surface area contributed by atoms with Gasteiger partial charge in [0.2, 0.25) is 0 Å². The first kappa shape index (κ1) is 26.1. The van der Waals surface area contributed by atoms with E-state index in [2.05, 4.69) is 31.1 Å². The molecule has 0 amide bonds. The molecule has 0 spiro atoms. The van der Waals surface area contributed by atoms with Crippen molar-refractivity contribution in [2.75, 3.05) is 6.61 Å². The molecule has 0 radical (unpaired) electrons. The van der Waals surface area contributed by atoms with E-state index in [1.54, 1.807) is 6.92 Å². The van der Waals surface area contributed by atoms with Crippen LogP contribution in [0.2, 0.25) is 0 Å². The van der Waals surface area contributed by atoms with E-state index in [1.165, 1.54) is 13.8 Å². The Morgan fingerprint density at radius 1 is 1.04 bits per heavy atom. The van der Waals surface area contributed by atoms with E-state index in [0.29, 0.717) is 6.42 Å². The van der Waals surface area contributed by atoms with Crippen LogP contribution in [0.1, 0.15) is 33.6 Å². The second kappa shape index (κ2) is 14.1. The second-order valence-corrected chi connectivity index (χ2v) is 5.31. The van der Waals surface area contributed by atoms with E-state index in [9.17, 15) is 19.2 Å². The summed E-state index contributed by atoms with van der Waals surface area (Å²) in [5.41, 5.74) is 0.627. The molecular weight excluding hydrogens is 356 g/mol. The molecule has 0 saturated carbocycles. The number of carboxylic acids is 1. The maximum Gasteiger partial charge on any atom is 0.333 e. The Bertz CT molecular complexity index is 615. The molecule has 0 fully saturated rings. The van der Waals surface area contributed by atoms with E-state index in [4.69, 9.17) is 14.6 Å². The lowest BCUT2D eigenvalue weighted by Crippen LogP contribution is -2.28. The van der Waals surface area contributed by atoms with Gasteiger partial charge in [0.25, 0.3) is 0 Å². The zero-order valence-corrected chi connectivity index (χ0v) is 15.9. The molecule has 0 bridgehead atoms. The van der Waals surface area contributed by atoms with Gasteiger partial charge in [-0.1, -0.05) is 33.2 Å². The third kappa shape index (κ3) is 13.8. The van der Waals surface area contributed by atoms with Crippen LogP contribution in [0, 0.1) is 0 Å². The molecule has 0 saturated heterocycles. The van der Waals surface area contributed by atoms with E-state index in [1.807, 2.05) is 0 Å². The largest absolute Gasteiger partial charge is 0.478 e. The fourth-order valence-corrected chi connectivity index (χ4v) is 1.16. The van der Waals surface area contributed by atoms with Crippen LogP contribution < -0.4 is 0 Å². The standard InChI is InChI=1S/C14H18O6.C5H8O2/c1-6-18-12(15)7-11(20-14(17)10(4)5)8-19-13(16)9(2)3;1-3-4(2)5(6)7/h6,11H,1-2,4,7-8H2,3,5H3;2-3H2,1H3,(H,6,7). The van der Waals surface area contributed by atoms with Gasteiger partial charge in [-0.25, -0.2) is 14.4 Å². The van der Waals surface area contributed by atoms with Gasteiger partial charge < -0.3 is 19.3 Å². The quantitative estimate of drug-likeness (QED) is 0.265. The predicted molar refractivity (Wildman–Crippen MR) is 98.4 cm³/mol. The summed E-state index contributed by atoms with van der Waals surface area (Å²) >= 11 is 0. The van der Waals surface area contributed by atoms with Gasteiger partial charge in [-0.2, -0.15) is 0 Å². The maximum absolute atomic E-state index is 11.4. The Labute approximate surface area is 158 Å². The first-order chi connectivity index (χ1) is 12.5. The van der Waals surface area contributed by atoms with Crippen molar-refractivity contribution in [1.29, 1.82) is 0 Å². The van der Waals surface area contributed by atoms with E-state index in [0.717, 1.165) is 6.26 Å². The third-order valence-electron chi connectivity index (χ3n) is 2.71. The fourth-order valence-electron chi connectivity index (χ4n) is 1.16. The summed E-state index contributed by atoms with van der Waals surface area (Å²) in [5.74, 6) is -2.89. The Hall–Kier alpha value is -3.16. The number of ether oxygens (including phenoxy) is 3. The number of rotatable bonds is 10. The van der Waals surface area contributed by atoms with Gasteiger partial charge in [0.1, 0.15) is 12.7 Å². The summed E-state index contributed by atoms with van der Waals surface area (Å²) in [6, 6.07) is 0. The summed E-state index contributed by atoms with van der Waals surface area (Å²) in [6.07, 6.45) is 0.249. The lowest BCUT2D eigenvalue weighted by molar-refractivity contribution is -0.158. The van der Waals surface area contributed by atoms with E-state index < -0.39 is 30.0 Å². The highest BCUT2D eigenvalue weighted by molar-refractivity contribution is 5.88. The Kier molecular flexibility index (Phi) is 13.6. The fraction of sp³-hybridized carbons (Fsp3) is 0.368. The Balaban J connectivity index is 0. The van der Waals surface area contributed by atoms with Crippen molar-refractivity contribution >= 4 is 23.9 Å². The van der Waals surface area contributed by atoms with Gasteiger partial charge >= 0.3 is 23.9 Å². The summed E-state index contributed by atoms with van der Waals surface area (Å²) in [7, 11) is 0. The highest BCUT2D eigenvalue weighted by atomic mass is 16.6. The number of hydrogen-bond acceptors (Lipinski definition) is 7. The van der Waals surface area contributed by atoms with Gasteiger partial charge in [-0.15, -0.1) is 0 Å². The average Bonchev–Trinajstić information content (AvgIpc) is 2.58. The van der Waals surface area contributed by atoms with Gasteiger partial charge in [0.15, 0.2) is 0 Å². The molecule has 1 atom stereocenters. The van der Waals surface area contributed by atoms with E-state index in [-0.39, 0.29) is 29.7 Å². The third-order valence-corrected chi connectivity index (χ3v) is 2.71. The number of carboxylic acid groups (broad SMARTS) is 1. The predicted octanol–water partition coefficient (Wildman–Crippen LogP) is 2.71. The lowest BCUT2D eigenvalue weighted by Gasteiger charge is -2.17. The zero-order valence-electron chi connectivity index (χ0n) is 15.9. The van der Waals surface area contributed by atoms with Gasteiger partial charge in [-0.05, 0) is 20.3 Å². The molecule has 0 rings (SSSR count). The van der Waals surface area contributed by atoms with Crippen LogP contribution in [0.4, 0.5) is 0 Å². The highest BCUT2D eigenvalue weighted by Crippen LogP contribution is 2.07. The van der Waals surface area contributed by atoms with Crippen LogP contribution in [0.15, 0.2) is 49.3 Å². The van der Waals surface area contributed by atoms with Crippen molar-refractivity contribution in [3.05, 3.63) is 49.3 Å². The van der Waals surface area contributed by atoms with Crippen molar-refractivity contribution in [2.24, 2.45) is 0 Å². The molecule has 150 valence electrons. The number of aliphatic carboxylic acids is 1. The van der Waals surface area contributed by atoms with Crippen LogP contribution in [-0.2, 0) is 33.4 Å². The monoisotopic (exact) mass is 382 g/mol. The van der Waals surface area contributed by atoms with Crippen LogP contribution in [0.5, 0.6) is 0 Å². The van der Waals surface area contributed by atoms with Crippen LogP contribution in [0.3, 0.4) is 0 Å². The van der Waals surface area contributed by atoms with Crippen LogP contribution >= 0.6 is 0 Å². The first-order valence-corrected chi connectivity index (χ1v) is 7.86. The van der Waals surface area contributed by atoms with Crippen molar-refractivity contribution < 1.29 is 38.5 Å².